The van der Waals surface area contributed by atoms with Crippen LogP contribution in [-0.2, 0) is 11.3 Å². The summed E-state index contributed by atoms with van der Waals surface area (Å²) < 4.78 is 61.9. The summed E-state index contributed by atoms with van der Waals surface area (Å²) in [7, 11) is 1.57. The lowest BCUT2D eigenvalue weighted by Crippen LogP contribution is -2.48. The molecule has 4 rings (SSSR count). The molecule has 1 saturated heterocycles. The second-order valence-electron chi connectivity index (χ2n) is 9.51. The number of carbonyl (C=O) groups is 1. The molecule has 222 valence electrons. The third kappa shape index (κ3) is 8.77. The summed E-state index contributed by atoms with van der Waals surface area (Å²) in [6, 6.07) is 11.8. The molecule has 41 heavy (non-hydrogen) atoms. The second kappa shape index (κ2) is 14.6. The maximum absolute atomic E-state index is 14.9. The molecule has 1 aliphatic rings. The van der Waals surface area contributed by atoms with Gasteiger partial charge in [-0.05, 0) is 55.2 Å². The fraction of sp³-hybridized carbons (Fsp3) is 0.414. The van der Waals surface area contributed by atoms with Gasteiger partial charge in [-0.2, -0.15) is 13.2 Å². The lowest BCUT2D eigenvalue weighted by atomic mass is 10.0. The Morgan fingerprint density at radius 3 is 2.61 bits per heavy atom. The molecule has 12 heteroatoms. The van der Waals surface area contributed by atoms with Gasteiger partial charge in [-0.25, -0.2) is 4.39 Å². The first kappa shape index (κ1) is 31.6. The number of aromatic nitrogens is 1. The van der Waals surface area contributed by atoms with E-state index in [9.17, 15) is 17.6 Å². The number of likely N-dealkylation sites (tertiary alicyclic amines) is 1. The second-order valence-corrected chi connectivity index (χ2v) is 9.51. The molecule has 2 aromatic carbocycles. The average molecular weight is 579 g/mol. The van der Waals surface area contributed by atoms with E-state index in [0.717, 1.165) is 15.8 Å². The highest BCUT2D eigenvalue weighted by Crippen LogP contribution is 2.32. The third-order valence-corrected chi connectivity index (χ3v) is 6.61. The van der Waals surface area contributed by atoms with Crippen LogP contribution in [-0.4, -0.2) is 84.4 Å². The number of rotatable bonds is 8. The van der Waals surface area contributed by atoms with Gasteiger partial charge in [-0.1, -0.05) is 18.1 Å². The van der Waals surface area contributed by atoms with Crippen molar-refractivity contribution in [2.75, 3.05) is 50.5 Å². The first-order chi connectivity index (χ1) is 19.6. The minimum Gasteiger partial charge on any atom is -0.495 e. The number of halogens is 4. The number of benzene rings is 2. The molecule has 1 aromatic heterocycles. The number of ether oxygens (including phenoxy) is 1. The number of nitrogens with one attached hydrogen (secondary N) is 2. The van der Waals surface area contributed by atoms with Crippen LogP contribution in [0.4, 0.5) is 28.9 Å². The predicted octanol–water partition coefficient (Wildman–Crippen LogP) is 4.50. The molecule has 4 N–H and O–H groups in total. The van der Waals surface area contributed by atoms with Crippen LogP contribution in [0, 0.1) is 18.8 Å². The van der Waals surface area contributed by atoms with Gasteiger partial charge in [0.25, 0.3) is 6.47 Å². The number of alkyl halides is 4. The van der Waals surface area contributed by atoms with Gasteiger partial charge in [0.1, 0.15) is 18.5 Å². The summed E-state index contributed by atoms with van der Waals surface area (Å²) in [5, 5.41) is 22.9. The van der Waals surface area contributed by atoms with Crippen molar-refractivity contribution in [1.82, 2.24) is 9.47 Å². The number of methoxy groups -OCH3 is 1. The predicted molar refractivity (Wildman–Crippen MR) is 150 cm³/mol. The van der Waals surface area contributed by atoms with Crippen LogP contribution in [0.25, 0.3) is 10.9 Å². The lowest BCUT2D eigenvalue weighted by Gasteiger charge is -2.35. The van der Waals surface area contributed by atoms with Crippen LogP contribution < -0.4 is 15.4 Å². The molecule has 3 aromatic rings. The summed E-state index contributed by atoms with van der Waals surface area (Å²) in [5.74, 6) is 6.45. The molecular formula is C29H34F4N4O4. The van der Waals surface area contributed by atoms with Crippen molar-refractivity contribution in [1.29, 1.82) is 0 Å². The van der Waals surface area contributed by atoms with Crippen molar-refractivity contribution in [3.05, 3.63) is 53.7 Å². The fourth-order valence-electron chi connectivity index (χ4n) is 4.76. The van der Waals surface area contributed by atoms with E-state index in [4.69, 9.17) is 19.7 Å². The number of aliphatic hydroxyl groups is 1. The normalized spacial score (nSPS) is 17.1. The number of hydrogen-bond acceptors (Lipinski definition) is 6. The number of anilines is 2. The Morgan fingerprint density at radius 1 is 1.20 bits per heavy atom. The van der Waals surface area contributed by atoms with Gasteiger partial charge in [0.2, 0.25) is 0 Å². The number of nitrogens with zero attached hydrogens (tertiary/aromatic N) is 2. The summed E-state index contributed by atoms with van der Waals surface area (Å²) >= 11 is 0. The van der Waals surface area contributed by atoms with Gasteiger partial charge < -0.3 is 30.2 Å². The monoisotopic (exact) mass is 578 g/mol. The van der Waals surface area contributed by atoms with E-state index in [0.29, 0.717) is 41.9 Å². The Morgan fingerprint density at radius 2 is 1.95 bits per heavy atom. The molecule has 0 amide bonds. The molecule has 0 aliphatic carbocycles. The van der Waals surface area contributed by atoms with Crippen molar-refractivity contribution in [3.8, 4) is 17.6 Å². The standard InChI is InChI=1S/C28H32F4N4O2.CH2O2/c1-19-8-9-25(27(15-19)38-2)33-11-4-5-20-16-21-23(6-3-7-26(21)36(20)18-28(30,31)32)34-24-10-12-35(13-14-37)17-22(24)29;2-1-3/h3,6-9,15-16,22,24,33-34,37H,10-14,17-18H2,1-2H3;1H,(H,2,3). The first-order valence-electron chi connectivity index (χ1n) is 13.0. The largest absolute Gasteiger partial charge is 0.495 e. The van der Waals surface area contributed by atoms with E-state index in [1.54, 1.807) is 31.4 Å². The summed E-state index contributed by atoms with van der Waals surface area (Å²) in [5.41, 5.74) is 2.93. The average Bonchev–Trinajstić information content (AvgIpc) is 3.26. The zero-order valence-corrected chi connectivity index (χ0v) is 22.8. The Hall–Kier alpha value is -3.95. The molecule has 1 fully saturated rings. The maximum atomic E-state index is 14.9. The van der Waals surface area contributed by atoms with Gasteiger partial charge in [-0.3, -0.25) is 9.69 Å². The summed E-state index contributed by atoms with van der Waals surface area (Å²) in [4.78, 5) is 10.2. The number of piperidine rings is 1. The molecule has 0 saturated carbocycles. The smallest absolute Gasteiger partial charge is 0.406 e. The quantitative estimate of drug-likeness (QED) is 0.178. The Kier molecular flexibility index (Phi) is 11.3. The number of fused-ring (bicyclic) bond motifs is 1. The van der Waals surface area contributed by atoms with Crippen molar-refractivity contribution in [2.24, 2.45) is 0 Å². The number of aliphatic hydroxyl groups excluding tert-OH is 1. The SMILES string of the molecule is COc1cc(C)ccc1NCC#Cc1cc2c(NC3CCN(CCO)CC3F)cccc2n1CC(F)(F)F.O=CO. The summed E-state index contributed by atoms with van der Waals surface area (Å²) in [6.07, 6.45) is -5.10. The fourth-order valence-corrected chi connectivity index (χ4v) is 4.76. The maximum Gasteiger partial charge on any atom is 0.406 e. The highest BCUT2D eigenvalue weighted by molar-refractivity contribution is 5.94. The Balaban J connectivity index is 0.00000147. The number of carboxylic acid groups (broad SMARTS) is 1. The van der Waals surface area contributed by atoms with Crippen molar-refractivity contribution in [3.63, 3.8) is 0 Å². The van der Waals surface area contributed by atoms with Gasteiger partial charge in [0.05, 0.1) is 43.2 Å². The number of hydrogen-bond donors (Lipinski definition) is 4. The van der Waals surface area contributed by atoms with E-state index in [1.165, 1.54) is 0 Å². The highest BCUT2D eigenvalue weighted by Gasteiger charge is 2.31. The zero-order chi connectivity index (χ0) is 30.0. The van der Waals surface area contributed by atoms with Crippen LogP contribution in [0.1, 0.15) is 17.7 Å². The minimum atomic E-state index is -4.44. The van der Waals surface area contributed by atoms with E-state index in [-0.39, 0.29) is 31.9 Å². The van der Waals surface area contributed by atoms with Gasteiger partial charge in [0, 0.05) is 30.7 Å². The lowest BCUT2D eigenvalue weighted by molar-refractivity contribution is -0.140. The molecule has 8 nitrogen and oxygen atoms in total. The molecule has 2 atom stereocenters. The van der Waals surface area contributed by atoms with E-state index in [2.05, 4.69) is 22.5 Å². The van der Waals surface area contributed by atoms with Crippen LogP contribution in [0.3, 0.4) is 0 Å². The molecule has 0 bridgehead atoms. The molecule has 2 heterocycles. The molecule has 0 spiro atoms. The van der Waals surface area contributed by atoms with Crippen molar-refractivity contribution < 1.29 is 37.3 Å². The minimum absolute atomic E-state index is 0.0330. The zero-order valence-electron chi connectivity index (χ0n) is 22.8. The van der Waals surface area contributed by atoms with Gasteiger partial charge in [-0.15, -0.1) is 0 Å². The van der Waals surface area contributed by atoms with Crippen LogP contribution in [0.5, 0.6) is 5.75 Å². The van der Waals surface area contributed by atoms with E-state index >= 15 is 0 Å². The van der Waals surface area contributed by atoms with Crippen molar-refractivity contribution >= 4 is 28.7 Å². The van der Waals surface area contributed by atoms with E-state index < -0.39 is 24.9 Å². The first-order valence-corrected chi connectivity index (χ1v) is 13.0. The Labute approximate surface area is 235 Å². The number of β-amino-alcohol motifs (C(OH)–C–C–N with tert-alkyl or cyclic N) is 1. The van der Waals surface area contributed by atoms with Gasteiger partial charge >= 0.3 is 6.18 Å². The van der Waals surface area contributed by atoms with Crippen LogP contribution in [0.2, 0.25) is 0 Å². The Bertz CT molecular complexity index is 1370. The van der Waals surface area contributed by atoms with E-state index in [1.807, 2.05) is 30.0 Å². The molecular weight excluding hydrogens is 544 g/mol. The molecule has 2 unspecified atom stereocenters. The van der Waals surface area contributed by atoms with Crippen LogP contribution in [0.15, 0.2) is 42.5 Å². The summed E-state index contributed by atoms with van der Waals surface area (Å²) in [6.45, 7) is 1.91. The third-order valence-electron chi connectivity index (χ3n) is 6.61. The molecule has 1 aliphatic heterocycles. The number of aryl methyl sites for hydroxylation is 1. The highest BCUT2D eigenvalue weighted by atomic mass is 19.4. The molecule has 0 radical (unpaired) electrons. The van der Waals surface area contributed by atoms with Crippen molar-refractivity contribution in [2.45, 2.75) is 38.3 Å². The van der Waals surface area contributed by atoms with Crippen LogP contribution >= 0.6 is 0 Å². The van der Waals surface area contributed by atoms with Gasteiger partial charge in [0.15, 0.2) is 0 Å². The topological polar surface area (TPSA) is 99.0 Å².